The molecule has 3 heteroatoms. The van der Waals surface area contributed by atoms with Crippen LogP contribution in [-0.4, -0.2) is 37.6 Å². The van der Waals surface area contributed by atoms with E-state index in [9.17, 15) is 0 Å². The van der Waals surface area contributed by atoms with Gasteiger partial charge in [0.15, 0.2) is 0 Å². The Bertz CT molecular complexity index is 196. The maximum Gasteiger partial charge on any atom is 0.0962 e. The molecule has 0 aromatic carbocycles. The summed E-state index contributed by atoms with van der Waals surface area (Å²) in [7, 11) is 1.85. The molecule has 1 unspecified atom stereocenters. The fourth-order valence-corrected chi connectivity index (χ4v) is 1.88. The molecule has 1 atom stereocenters. The van der Waals surface area contributed by atoms with E-state index in [1.165, 1.54) is 0 Å². The maximum atomic E-state index is 8.87. The minimum Gasteiger partial charge on any atom is -0.305 e. The summed E-state index contributed by atoms with van der Waals surface area (Å²) in [4.78, 5) is 2.47. The molecule has 0 amide bonds. The Kier molecular flexibility index (Phi) is 8.23. The summed E-state index contributed by atoms with van der Waals surface area (Å²) in [6.45, 7) is 12.2. The highest BCUT2D eigenvalue weighted by molar-refractivity contribution is 4.89. The predicted molar refractivity (Wildman–Crippen MR) is 69.2 cm³/mol. The molecule has 0 aliphatic carbocycles. The van der Waals surface area contributed by atoms with Crippen LogP contribution in [0, 0.1) is 23.2 Å². The van der Waals surface area contributed by atoms with E-state index in [4.69, 9.17) is 5.26 Å². The SMILES string of the molecule is CNC(C#N)CCN(CC(C)C)CC(C)C. The van der Waals surface area contributed by atoms with Gasteiger partial charge in [-0.3, -0.25) is 0 Å². The molecular weight excluding hydrogens is 198 g/mol. The van der Waals surface area contributed by atoms with Gasteiger partial charge in [-0.05, 0) is 25.3 Å². The first-order valence-electron chi connectivity index (χ1n) is 6.28. The third-order valence-electron chi connectivity index (χ3n) is 2.48. The van der Waals surface area contributed by atoms with E-state index in [-0.39, 0.29) is 6.04 Å². The molecule has 0 saturated heterocycles. The molecule has 0 radical (unpaired) electrons. The second kappa shape index (κ2) is 8.55. The molecule has 0 spiro atoms. The first-order valence-corrected chi connectivity index (χ1v) is 6.28. The van der Waals surface area contributed by atoms with Crippen molar-refractivity contribution in [1.29, 1.82) is 5.26 Å². The normalized spacial score (nSPS) is 13.4. The van der Waals surface area contributed by atoms with Crippen molar-refractivity contribution in [3.8, 4) is 6.07 Å². The van der Waals surface area contributed by atoms with Gasteiger partial charge in [-0.25, -0.2) is 0 Å². The molecule has 0 bridgehead atoms. The first kappa shape index (κ1) is 15.4. The summed E-state index contributed by atoms with van der Waals surface area (Å²) in [5, 5.41) is 11.9. The Labute approximate surface area is 101 Å². The van der Waals surface area contributed by atoms with Crippen LogP contribution < -0.4 is 5.32 Å². The molecule has 0 fully saturated rings. The van der Waals surface area contributed by atoms with Crippen LogP contribution in [0.25, 0.3) is 0 Å². The highest BCUT2D eigenvalue weighted by Crippen LogP contribution is 2.05. The van der Waals surface area contributed by atoms with E-state index < -0.39 is 0 Å². The van der Waals surface area contributed by atoms with Gasteiger partial charge >= 0.3 is 0 Å². The van der Waals surface area contributed by atoms with Crippen LogP contribution in [0.15, 0.2) is 0 Å². The van der Waals surface area contributed by atoms with Gasteiger partial charge in [-0.15, -0.1) is 0 Å². The minimum absolute atomic E-state index is 0.0122. The van der Waals surface area contributed by atoms with Crippen LogP contribution in [0.3, 0.4) is 0 Å². The van der Waals surface area contributed by atoms with Gasteiger partial charge in [-0.2, -0.15) is 5.26 Å². The van der Waals surface area contributed by atoms with Crippen molar-refractivity contribution in [3.05, 3.63) is 0 Å². The van der Waals surface area contributed by atoms with Crippen LogP contribution in [-0.2, 0) is 0 Å². The highest BCUT2D eigenvalue weighted by Gasteiger charge is 2.12. The van der Waals surface area contributed by atoms with Gasteiger partial charge in [-0.1, -0.05) is 27.7 Å². The molecule has 94 valence electrons. The molecule has 0 heterocycles. The fraction of sp³-hybridized carbons (Fsp3) is 0.923. The summed E-state index contributed by atoms with van der Waals surface area (Å²) in [5.41, 5.74) is 0. The summed E-state index contributed by atoms with van der Waals surface area (Å²) in [6, 6.07) is 2.26. The molecule has 3 nitrogen and oxygen atoms in total. The van der Waals surface area contributed by atoms with E-state index in [1.54, 1.807) is 0 Å². The number of hydrogen-bond donors (Lipinski definition) is 1. The molecule has 16 heavy (non-hydrogen) atoms. The van der Waals surface area contributed by atoms with Gasteiger partial charge in [0.05, 0.1) is 12.1 Å². The number of hydrogen-bond acceptors (Lipinski definition) is 3. The zero-order valence-corrected chi connectivity index (χ0v) is 11.5. The van der Waals surface area contributed by atoms with Crippen molar-refractivity contribution in [2.45, 2.75) is 40.2 Å². The lowest BCUT2D eigenvalue weighted by atomic mass is 10.1. The molecule has 1 N–H and O–H groups in total. The number of nitriles is 1. The van der Waals surface area contributed by atoms with Crippen molar-refractivity contribution < 1.29 is 0 Å². The Morgan fingerprint density at radius 2 is 1.62 bits per heavy atom. The van der Waals surface area contributed by atoms with Crippen LogP contribution >= 0.6 is 0 Å². The zero-order valence-electron chi connectivity index (χ0n) is 11.5. The van der Waals surface area contributed by atoms with Crippen molar-refractivity contribution in [2.24, 2.45) is 11.8 Å². The molecule has 0 aromatic rings. The number of nitrogens with zero attached hydrogens (tertiary/aromatic N) is 2. The van der Waals surface area contributed by atoms with Crippen LogP contribution in [0.1, 0.15) is 34.1 Å². The van der Waals surface area contributed by atoms with Gasteiger partial charge in [0.2, 0.25) is 0 Å². The molecular formula is C13H27N3. The third kappa shape index (κ3) is 7.67. The summed E-state index contributed by atoms with van der Waals surface area (Å²) < 4.78 is 0. The lowest BCUT2D eigenvalue weighted by Gasteiger charge is -2.26. The fourth-order valence-electron chi connectivity index (χ4n) is 1.88. The lowest BCUT2D eigenvalue weighted by molar-refractivity contribution is 0.213. The average molecular weight is 225 g/mol. The van der Waals surface area contributed by atoms with Crippen molar-refractivity contribution in [1.82, 2.24) is 10.2 Å². The highest BCUT2D eigenvalue weighted by atomic mass is 15.1. The summed E-state index contributed by atoms with van der Waals surface area (Å²) in [6.07, 6.45) is 0.909. The quantitative estimate of drug-likeness (QED) is 0.687. The van der Waals surface area contributed by atoms with E-state index in [0.29, 0.717) is 11.8 Å². The minimum atomic E-state index is -0.0122. The lowest BCUT2D eigenvalue weighted by Crippen LogP contribution is -2.36. The monoisotopic (exact) mass is 225 g/mol. The maximum absolute atomic E-state index is 8.87. The Hall–Kier alpha value is -0.590. The third-order valence-corrected chi connectivity index (χ3v) is 2.48. The Morgan fingerprint density at radius 3 is 1.94 bits per heavy atom. The van der Waals surface area contributed by atoms with E-state index >= 15 is 0 Å². The van der Waals surface area contributed by atoms with Gasteiger partial charge in [0.25, 0.3) is 0 Å². The largest absolute Gasteiger partial charge is 0.305 e. The summed E-state index contributed by atoms with van der Waals surface area (Å²) >= 11 is 0. The second-order valence-corrected chi connectivity index (χ2v) is 5.31. The van der Waals surface area contributed by atoms with Crippen molar-refractivity contribution in [3.63, 3.8) is 0 Å². The zero-order chi connectivity index (χ0) is 12.6. The van der Waals surface area contributed by atoms with E-state index in [0.717, 1.165) is 26.1 Å². The summed E-state index contributed by atoms with van der Waals surface area (Å²) in [5.74, 6) is 1.38. The molecule has 0 aromatic heterocycles. The second-order valence-electron chi connectivity index (χ2n) is 5.31. The van der Waals surface area contributed by atoms with Gasteiger partial charge in [0.1, 0.15) is 0 Å². The van der Waals surface area contributed by atoms with Crippen LogP contribution in [0.5, 0.6) is 0 Å². The molecule has 0 aliphatic heterocycles. The average Bonchev–Trinajstić information content (AvgIpc) is 2.17. The van der Waals surface area contributed by atoms with Crippen LogP contribution in [0.2, 0.25) is 0 Å². The predicted octanol–water partition coefficient (Wildman–Crippen LogP) is 2.10. The topological polar surface area (TPSA) is 39.1 Å². The van der Waals surface area contributed by atoms with Gasteiger partial charge < -0.3 is 10.2 Å². The van der Waals surface area contributed by atoms with Gasteiger partial charge in [0, 0.05) is 19.6 Å². The smallest absolute Gasteiger partial charge is 0.0962 e. The van der Waals surface area contributed by atoms with E-state index in [1.807, 2.05) is 7.05 Å². The van der Waals surface area contributed by atoms with Crippen LogP contribution in [0.4, 0.5) is 0 Å². The first-order chi connectivity index (χ1) is 7.49. The molecule has 0 saturated carbocycles. The Balaban J connectivity index is 4.05. The molecule has 0 aliphatic rings. The van der Waals surface area contributed by atoms with Crippen molar-refractivity contribution in [2.75, 3.05) is 26.7 Å². The standard InChI is InChI=1S/C13H27N3/c1-11(2)9-16(10-12(3)4)7-6-13(8-14)15-5/h11-13,15H,6-7,9-10H2,1-5H3. The Morgan fingerprint density at radius 1 is 1.12 bits per heavy atom. The molecule has 0 rings (SSSR count). The van der Waals surface area contributed by atoms with E-state index in [2.05, 4.69) is 44.0 Å². The number of rotatable bonds is 8. The number of nitrogens with one attached hydrogen (secondary N) is 1. The van der Waals surface area contributed by atoms with Crippen molar-refractivity contribution >= 4 is 0 Å².